The van der Waals surface area contributed by atoms with Crippen molar-refractivity contribution in [1.29, 1.82) is 0 Å². The molecule has 0 bridgehead atoms. The number of hydrogen-bond donors (Lipinski definition) is 1. The molecular formula is C12H17N3S. The molecule has 0 aromatic carbocycles. The van der Waals surface area contributed by atoms with Crippen LogP contribution in [-0.4, -0.2) is 14.5 Å². The number of H-pyrrole nitrogens is 1. The summed E-state index contributed by atoms with van der Waals surface area (Å²) in [5.41, 5.74) is 2.19. The van der Waals surface area contributed by atoms with Crippen LogP contribution in [0, 0.1) is 10.7 Å². The van der Waals surface area contributed by atoms with Crippen LogP contribution in [0.1, 0.15) is 26.7 Å². The molecule has 0 spiro atoms. The Morgan fingerprint density at radius 1 is 1.44 bits per heavy atom. The molecule has 0 unspecified atom stereocenters. The van der Waals surface area contributed by atoms with E-state index in [4.69, 9.17) is 12.2 Å². The number of imidazole rings is 1. The van der Waals surface area contributed by atoms with Gasteiger partial charge in [0, 0.05) is 12.7 Å². The molecule has 3 nitrogen and oxygen atoms in total. The predicted molar refractivity (Wildman–Crippen MR) is 69.0 cm³/mol. The molecule has 16 heavy (non-hydrogen) atoms. The lowest BCUT2D eigenvalue weighted by Gasteiger charge is -2.13. The molecule has 86 valence electrons. The quantitative estimate of drug-likeness (QED) is 0.822. The molecule has 0 atom stereocenters. The molecule has 2 aromatic heterocycles. The Morgan fingerprint density at radius 3 is 2.88 bits per heavy atom. The number of rotatable bonds is 4. The molecule has 0 aliphatic carbocycles. The van der Waals surface area contributed by atoms with E-state index in [9.17, 15) is 0 Å². The number of nitrogens with one attached hydrogen (secondary N) is 1. The van der Waals surface area contributed by atoms with Gasteiger partial charge in [-0.1, -0.05) is 26.7 Å². The summed E-state index contributed by atoms with van der Waals surface area (Å²) < 4.78 is 2.99. The second kappa shape index (κ2) is 4.78. The number of nitrogens with zero attached hydrogens (tertiary/aromatic N) is 2. The van der Waals surface area contributed by atoms with Gasteiger partial charge in [0.15, 0.2) is 4.77 Å². The van der Waals surface area contributed by atoms with Crippen molar-refractivity contribution < 1.29 is 0 Å². The van der Waals surface area contributed by atoms with Crippen LogP contribution in [0.3, 0.4) is 0 Å². The van der Waals surface area contributed by atoms with E-state index in [0.717, 1.165) is 22.3 Å². The van der Waals surface area contributed by atoms with Crippen LogP contribution in [0.5, 0.6) is 0 Å². The number of aromatic amines is 1. The summed E-state index contributed by atoms with van der Waals surface area (Å²) in [6.07, 6.45) is 6.02. The fourth-order valence-electron chi connectivity index (χ4n) is 2.00. The van der Waals surface area contributed by atoms with Crippen LogP contribution >= 0.6 is 12.2 Å². The lowest BCUT2D eigenvalue weighted by atomic mass is 10.0. The Labute approximate surface area is 101 Å². The zero-order valence-corrected chi connectivity index (χ0v) is 10.5. The normalized spacial score (nSPS) is 11.4. The van der Waals surface area contributed by atoms with Gasteiger partial charge in [-0.05, 0) is 24.2 Å². The molecule has 4 heteroatoms. The summed E-state index contributed by atoms with van der Waals surface area (Å²) in [6, 6.07) is 2.02. The first kappa shape index (κ1) is 11.3. The highest BCUT2D eigenvalue weighted by atomic mass is 32.1. The Kier molecular flexibility index (Phi) is 3.39. The maximum atomic E-state index is 5.35. The van der Waals surface area contributed by atoms with Gasteiger partial charge in [0.2, 0.25) is 0 Å². The van der Waals surface area contributed by atoms with E-state index >= 15 is 0 Å². The average molecular weight is 235 g/mol. The van der Waals surface area contributed by atoms with E-state index in [1.807, 2.05) is 18.5 Å². The van der Waals surface area contributed by atoms with Gasteiger partial charge in [0.25, 0.3) is 0 Å². The zero-order chi connectivity index (χ0) is 11.5. The third-order valence-electron chi connectivity index (χ3n) is 3.17. The Morgan fingerprint density at radius 2 is 2.19 bits per heavy atom. The smallest absolute Gasteiger partial charge is 0.178 e. The predicted octanol–water partition coefficient (Wildman–Crippen LogP) is 3.53. The van der Waals surface area contributed by atoms with Gasteiger partial charge in [-0.3, -0.25) is 4.98 Å². The lowest BCUT2D eigenvalue weighted by Crippen LogP contribution is -2.09. The molecule has 0 fully saturated rings. The van der Waals surface area contributed by atoms with Gasteiger partial charge in [0.05, 0.1) is 17.2 Å². The third kappa shape index (κ3) is 2.02. The first-order valence-corrected chi connectivity index (χ1v) is 6.19. The highest BCUT2D eigenvalue weighted by Crippen LogP contribution is 2.17. The van der Waals surface area contributed by atoms with Crippen LogP contribution in [0.4, 0.5) is 0 Å². The summed E-state index contributed by atoms with van der Waals surface area (Å²) in [4.78, 5) is 7.29. The molecule has 2 heterocycles. The number of hydrogen-bond acceptors (Lipinski definition) is 2. The molecule has 2 rings (SSSR count). The maximum Gasteiger partial charge on any atom is 0.178 e. The van der Waals surface area contributed by atoms with Crippen molar-refractivity contribution in [3.8, 4) is 0 Å². The van der Waals surface area contributed by atoms with Crippen LogP contribution < -0.4 is 0 Å². The molecule has 2 aromatic rings. The average Bonchev–Trinajstić information content (AvgIpc) is 2.62. The van der Waals surface area contributed by atoms with Crippen LogP contribution in [-0.2, 0) is 6.54 Å². The lowest BCUT2D eigenvalue weighted by molar-refractivity contribution is 0.422. The van der Waals surface area contributed by atoms with Crippen molar-refractivity contribution in [1.82, 2.24) is 14.5 Å². The van der Waals surface area contributed by atoms with E-state index in [1.165, 1.54) is 12.8 Å². The van der Waals surface area contributed by atoms with Crippen molar-refractivity contribution in [2.75, 3.05) is 0 Å². The minimum absolute atomic E-state index is 0.693. The van der Waals surface area contributed by atoms with Crippen molar-refractivity contribution in [2.45, 2.75) is 33.2 Å². The van der Waals surface area contributed by atoms with E-state index in [0.29, 0.717) is 5.92 Å². The third-order valence-corrected chi connectivity index (χ3v) is 3.49. The standard InChI is InChI=1S/C12H17N3S/c1-3-9(4-2)8-15-11-5-6-13-7-10(11)14-12(15)16/h5-7,9H,3-4,8H2,1-2H3,(H,14,16). The summed E-state index contributed by atoms with van der Waals surface area (Å²) in [5, 5.41) is 0. The van der Waals surface area contributed by atoms with Crippen LogP contribution in [0.25, 0.3) is 11.0 Å². The first-order chi connectivity index (χ1) is 7.76. The van der Waals surface area contributed by atoms with Crippen LogP contribution in [0.15, 0.2) is 18.5 Å². The molecule has 0 aliphatic rings. The largest absolute Gasteiger partial charge is 0.329 e. The van der Waals surface area contributed by atoms with Gasteiger partial charge in [-0.15, -0.1) is 0 Å². The minimum atomic E-state index is 0.693. The Hall–Kier alpha value is -1.16. The molecule has 0 saturated heterocycles. The summed E-state index contributed by atoms with van der Waals surface area (Å²) in [7, 11) is 0. The van der Waals surface area contributed by atoms with Crippen molar-refractivity contribution in [3.63, 3.8) is 0 Å². The monoisotopic (exact) mass is 235 g/mol. The maximum absolute atomic E-state index is 5.35. The molecule has 0 amide bonds. The molecule has 1 N–H and O–H groups in total. The topological polar surface area (TPSA) is 33.6 Å². The van der Waals surface area contributed by atoms with Gasteiger partial charge in [-0.2, -0.15) is 0 Å². The fraction of sp³-hybridized carbons (Fsp3) is 0.500. The Balaban J connectivity index is 2.43. The number of pyridine rings is 1. The highest BCUT2D eigenvalue weighted by molar-refractivity contribution is 7.71. The number of aromatic nitrogens is 3. The van der Waals surface area contributed by atoms with E-state index < -0.39 is 0 Å². The second-order valence-electron chi connectivity index (χ2n) is 4.12. The van der Waals surface area contributed by atoms with E-state index in [1.54, 1.807) is 0 Å². The zero-order valence-electron chi connectivity index (χ0n) is 9.73. The van der Waals surface area contributed by atoms with Crippen molar-refractivity contribution >= 4 is 23.3 Å². The summed E-state index contributed by atoms with van der Waals surface area (Å²) >= 11 is 5.35. The first-order valence-electron chi connectivity index (χ1n) is 5.78. The van der Waals surface area contributed by atoms with Gasteiger partial charge in [0.1, 0.15) is 0 Å². The van der Waals surface area contributed by atoms with Gasteiger partial charge >= 0.3 is 0 Å². The number of fused-ring (bicyclic) bond motifs is 1. The SMILES string of the molecule is CCC(CC)Cn1c(=S)[nH]c2cnccc21. The minimum Gasteiger partial charge on any atom is -0.329 e. The summed E-state index contributed by atoms with van der Waals surface area (Å²) in [6.45, 7) is 5.46. The Bertz CT molecular complexity index is 522. The van der Waals surface area contributed by atoms with Gasteiger partial charge < -0.3 is 9.55 Å². The molecular weight excluding hydrogens is 218 g/mol. The fourth-order valence-corrected chi connectivity index (χ4v) is 2.28. The van der Waals surface area contributed by atoms with E-state index in [2.05, 4.69) is 28.4 Å². The van der Waals surface area contributed by atoms with Gasteiger partial charge in [-0.25, -0.2) is 0 Å². The highest BCUT2D eigenvalue weighted by Gasteiger charge is 2.09. The van der Waals surface area contributed by atoms with Crippen molar-refractivity contribution in [3.05, 3.63) is 23.2 Å². The molecule has 0 aliphatic heterocycles. The van der Waals surface area contributed by atoms with E-state index in [-0.39, 0.29) is 0 Å². The summed E-state index contributed by atoms with van der Waals surface area (Å²) in [5.74, 6) is 0.693. The molecule has 0 radical (unpaired) electrons. The second-order valence-corrected chi connectivity index (χ2v) is 4.50. The van der Waals surface area contributed by atoms with Crippen LogP contribution in [0.2, 0.25) is 0 Å². The molecule has 0 saturated carbocycles. The van der Waals surface area contributed by atoms with Crippen molar-refractivity contribution in [2.24, 2.45) is 5.92 Å².